The number of benzene rings is 2. The second kappa shape index (κ2) is 11.8. The zero-order valence-corrected chi connectivity index (χ0v) is 20.3. The van der Waals surface area contributed by atoms with E-state index in [0.29, 0.717) is 12.1 Å². The van der Waals surface area contributed by atoms with E-state index < -0.39 is 6.04 Å². The van der Waals surface area contributed by atoms with Crippen molar-refractivity contribution in [2.24, 2.45) is 5.92 Å². The van der Waals surface area contributed by atoms with Crippen LogP contribution in [0.5, 0.6) is 5.75 Å². The Hall–Kier alpha value is -2.86. The van der Waals surface area contributed by atoms with Gasteiger partial charge in [0.15, 0.2) is 0 Å². The van der Waals surface area contributed by atoms with Gasteiger partial charge in [0.1, 0.15) is 11.8 Å². The highest BCUT2D eigenvalue weighted by atomic mass is 16.5. The number of ether oxygens (including phenoxy) is 1. The molecule has 3 rings (SSSR count). The molecule has 0 saturated carbocycles. The molecular weight excluding hydrogens is 414 g/mol. The van der Waals surface area contributed by atoms with Crippen LogP contribution in [0.15, 0.2) is 48.5 Å². The molecule has 6 nitrogen and oxygen atoms in total. The van der Waals surface area contributed by atoms with Crippen molar-refractivity contribution < 1.29 is 14.3 Å². The fraction of sp³-hybridized carbons (Fsp3) is 0.481. The topological polar surface area (TPSA) is 70.7 Å². The molecule has 2 aromatic carbocycles. The molecule has 2 amide bonds. The maximum Gasteiger partial charge on any atom is 0.251 e. The lowest BCUT2D eigenvalue weighted by Gasteiger charge is -2.35. The number of nitrogens with one attached hydrogen (secondary N) is 2. The molecule has 1 saturated heterocycles. The smallest absolute Gasteiger partial charge is 0.251 e. The highest BCUT2D eigenvalue weighted by Gasteiger charge is 2.27. The molecule has 1 fully saturated rings. The molecule has 1 aliphatic heterocycles. The maximum absolute atomic E-state index is 13.2. The largest absolute Gasteiger partial charge is 0.497 e. The quantitative estimate of drug-likeness (QED) is 0.602. The summed E-state index contributed by atoms with van der Waals surface area (Å²) in [5.74, 6) is 0.403. The Morgan fingerprint density at radius 1 is 0.970 bits per heavy atom. The Balaban J connectivity index is 1.69. The molecule has 1 aliphatic rings. The highest BCUT2D eigenvalue weighted by molar-refractivity contribution is 5.97. The number of amides is 2. The van der Waals surface area contributed by atoms with Gasteiger partial charge >= 0.3 is 0 Å². The van der Waals surface area contributed by atoms with E-state index in [1.165, 1.54) is 19.3 Å². The maximum atomic E-state index is 13.2. The van der Waals surface area contributed by atoms with E-state index in [0.717, 1.165) is 30.0 Å². The van der Waals surface area contributed by atoms with Gasteiger partial charge in [-0.1, -0.05) is 50.1 Å². The van der Waals surface area contributed by atoms with Gasteiger partial charge in [0.05, 0.1) is 13.2 Å². The summed E-state index contributed by atoms with van der Waals surface area (Å²) in [5.41, 5.74) is 2.80. The van der Waals surface area contributed by atoms with E-state index in [4.69, 9.17) is 4.74 Å². The van der Waals surface area contributed by atoms with E-state index in [9.17, 15) is 9.59 Å². The van der Waals surface area contributed by atoms with E-state index in [2.05, 4.69) is 27.7 Å². The minimum absolute atomic E-state index is 0.0335. The van der Waals surface area contributed by atoms with Crippen LogP contribution in [0.1, 0.15) is 60.6 Å². The van der Waals surface area contributed by atoms with Crippen LogP contribution in [-0.2, 0) is 4.79 Å². The third-order valence-corrected chi connectivity index (χ3v) is 6.35. The van der Waals surface area contributed by atoms with Crippen molar-refractivity contribution in [3.63, 3.8) is 0 Å². The van der Waals surface area contributed by atoms with Crippen LogP contribution in [0.2, 0.25) is 0 Å². The molecule has 0 spiro atoms. The van der Waals surface area contributed by atoms with Gasteiger partial charge in [-0.25, -0.2) is 0 Å². The standard InChI is InChI=1S/C27H37N3O3/c1-19(2)25(29-26(31)22-10-8-20(3)9-11-22)27(32)28-18-24(30-16-6-5-7-17-30)21-12-14-23(33-4)15-13-21/h8-15,19,24-25H,5-7,16-18H2,1-4H3,(H,28,32)(H,29,31)/t24-,25-/m0/s1. The molecule has 1 heterocycles. The molecule has 178 valence electrons. The summed E-state index contributed by atoms with van der Waals surface area (Å²) in [7, 11) is 1.66. The highest BCUT2D eigenvalue weighted by Crippen LogP contribution is 2.26. The molecule has 0 bridgehead atoms. The number of carbonyl (C=O) groups is 2. The lowest BCUT2D eigenvalue weighted by Crippen LogP contribution is -2.51. The fourth-order valence-electron chi connectivity index (χ4n) is 4.29. The minimum Gasteiger partial charge on any atom is -0.497 e. The van der Waals surface area contributed by atoms with Crippen molar-refractivity contribution in [1.29, 1.82) is 0 Å². The van der Waals surface area contributed by atoms with Gasteiger partial charge in [-0.2, -0.15) is 0 Å². The van der Waals surface area contributed by atoms with E-state index in [1.54, 1.807) is 19.2 Å². The van der Waals surface area contributed by atoms with E-state index in [1.807, 2.05) is 45.0 Å². The number of nitrogens with zero attached hydrogens (tertiary/aromatic N) is 1. The number of piperidine rings is 1. The van der Waals surface area contributed by atoms with Crippen molar-refractivity contribution >= 4 is 11.8 Å². The Bertz CT molecular complexity index is 903. The Morgan fingerprint density at radius 3 is 2.18 bits per heavy atom. The molecular formula is C27H37N3O3. The van der Waals surface area contributed by atoms with Crippen molar-refractivity contribution in [2.45, 2.75) is 52.1 Å². The number of aryl methyl sites for hydroxylation is 1. The summed E-state index contributed by atoms with van der Waals surface area (Å²) in [6.07, 6.45) is 3.59. The van der Waals surface area contributed by atoms with Gasteiger partial charge in [-0.05, 0) is 68.6 Å². The lowest BCUT2D eigenvalue weighted by molar-refractivity contribution is -0.124. The van der Waals surface area contributed by atoms with Gasteiger partial charge < -0.3 is 15.4 Å². The monoisotopic (exact) mass is 451 g/mol. The number of carbonyl (C=O) groups excluding carboxylic acids is 2. The molecule has 0 aliphatic carbocycles. The summed E-state index contributed by atoms with van der Waals surface area (Å²) in [4.78, 5) is 28.3. The molecule has 6 heteroatoms. The van der Waals surface area contributed by atoms with Crippen LogP contribution in [0.4, 0.5) is 0 Å². The van der Waals surface area contributed by atoms with E-state index in [-0.39, 0.29) is 23.8 Å². The predicted octanol–water partition coefficient (Wildman–Crippen LogP) is 4.10. The summed E-state index contributed by atoms with van der Waals surface area (Å²) < 4.78 is 5.31. The van der Waals surface area contributed by atoms with Crippen molar-refractivity contribution in [1.82, 2.24) is 15.5 Å². The Morgan fingerprint density at radius 2 is 1.61 bits per heavy atom. The van der Waals surface area contributed by atoms with Crippen LogP contribution in [0.25, 0.3) is 0 Å². The van der Waals surface area contributed by atoms with Crippen LogP contribution >= 0.6 is 0 Å². The Kier molecular flexibility index (Phi) is 8.89. The van der Waals surface area contributed by atoms with Crippen LogP contribution in [0, 0.1) is 12.8 Å². The second-order valence-corrected chi connectivity index (χ2v) is 9.19. The van der Waals surface area contributed by atoms with Gasteiger partial charge in [-0.15, -0.1) is 0 Å². The van der Waals surface area contributed by atoms with Gasteiger partial charge in [0.2, 0.25) is 5.91 Å². The van der Waals surface area contributed by atoms with Crippen molar-refractivity contribution in [2.75, 3.05) is 26.7 Å². The van der Waals surface area contributed by atoms with E-state index >= 15 is 0 Å². The first-order valence-electron chi connectivity index (χ1n) is 11.9. The number of rotatable bonds is 9. The first kappa shape index (κ1) is 24.8. The van der Waals surface area contributed by atoms with Gasteiger partial charge in [-0.3, -0.25) is 14.5 Å². The molecule has 2 N–H and O–H groups in total. The van der Waals surface area contributed by atoms with Crippen molar-refractivity contribution in [3.8, 4) is 5.75 Å². The predicted molar refractivity (Wildman–Crippen MR) is 131 cm³/mol. The molecule has 0 unspecified atom stereocenters. The first-order valence-corrected chi connectivity index (χ1v) is 11.9. The van der Waals surface area contributed by atoms with Crippen molar-refractivity contribution in [3.05, 3.63) is 65.2 Å². The lowest BCUT2D eigenvalue weighted by atomic mass is 10.00. The SMILES string of the molecule is COc1ccc([C@H](CNC(=O)[C@@H](NC(=O)c2ccc(C)cc2)C(C)C)N2CCCCC2)cc1. The molecule has 0 radical (unpaired) electrons. The summed E-state index contributed by atoms with van der Waals surface area (Å²) >= 11 is 0. The summed E-state index contributed by atoms with van der Waals surface area (Å²) in [5, 5.41) is 6.06. The normalized spacial score (nSPS) is 16.2. The molecule has 2 aromatic rings. The number of hydrogen-bond donors (Lipinski definition) is 2. The van der Waals surface area contributed by atoms with Crippen LogP contribution in [-0.4, -0.2) is 49.5 Å². The average molecular weight is 452 g/mol. The molecule has 2 atom stereocenters. The van der Waals surface area contributed by atoms with Gasteiger partial charge in [0, 0.05) is 12.1 Å². The minimum atomic E-state index is -0.600. The second-order valence-electron chi connectivity index (χ2n) is 9.19. The van der Waals surface area contributed by atoms with Crippen LogP contribution in [0.3, 0.4) is 0 Å². The summed E-state index contributed by atoms with van der Waals surface area (Å²) in [6.45, 7) is 8.41. The zero-order valence-electron chi connectivity index (χ0n) is 20.3. The third-order valence-electron chi connectivity index (χ3n) is 6.35. The molecule has 0 aromatic heterocycles. The summed E-state index contributed by atoms with van der Waals surface area (Å²) in [6, 6.07) is 14.9. The Labute approximate surface area is 197 Å². The zero-order chi connectivity index (χ0) is 23.8. The molecule has 33 heavy (non-hydrogen) atoms. The van der Waals surface area contributed by atoms with Crippen LogP contribution < -0.4 is 15.4 Å². The first-order chi connectivity index (χ1) is 15.9. The number of likely N-dealkylation sites (tertiary alicyclic amines) is 1. The van der Waals surface area contributed by atoms with Gasteiger partial charge in [0.25, 0.3) is 5.91 Å². The average Bonchev–Trinajstić information content (AvgIpc) is 2.83. The number of hydrogen-bond acceptors (Lipinski definition) is 4. The number of methoxy groups -OCH3 is 1. The fourth-order valence-corrected chi connectivity index (χ4v) is 4.29. The third kappa shape index (κ3) is 6.81.